The topological polar surface area (TPSA) is 43.1 Å². The zero-order valence-corrected chi connectivity index (χ0v) is 8.52. The molecule has 0 aliphatic carbocycles. The molecule has 0 aliphatic heterocycles. The van der Waals surface area contributed by atoms with Gasteiger partial charge in [0.1, 0.15) is 11.4 Å². The molecule has 14 heavy (non-hydrogen) atoms. The van der Waals surface area contributed by atoms with Crippen LogP contribution in [0.25, 0.3) is 11.0 Å². The van der Waals surface area contributed by atoms with Crippen LogP contribution in [0.4, 0.5) is 0 Å². The zero-order chi connectivity index (χ0) is 10.1. The van der Waals surface area contributed by atoms with Crippen LogP contribution in [-0.2, 0) is 0 Å². The van der Waals surface area contributed by atoms with Crippen molar-refractivity contribution in [1.29, 1.82) is 0 Å². The molecule has 0 radical (unpaired) electrons. The molecular formula is C10H12N4. The molecule has 0 saturated heterocycles. The number of aromatic nitrogens is 3. The number of hydrogen-bond acceptors (Lipinski definition) is 3. The van der Waals surface area contributed by atoms with E-state index in [2.05, 4.69) is 15.3 Å². The van der Waals surface area contributed by atoms with Gasteiger partial charge in [0.25, 0.3) is 0 Å². The number of hydrogen-bond donors (Lipinski definition) is 0. The Balaban J connectivity index is 2.70. The smallest absolute Gasteiger partial charge is 0.123 e. The molecule has 0 atom stereocenters. The summed E-state index contributed by atoms with van der Waals surface area (Å²) >= 11 is 0. The van der Waals surface area contributed by atoms with Gasteiger partial charge in [-0.2, -0.15) is 4.68 Å². The van der Waals surface area contributed by atoms with Crippen LogP contribution in [0.1, 0.15) is 12.5 Å². The number of aryl methyl sites for hydroxylation is 1. The fraction of sp³-hybridized carbons (Fsp3) is 0.300. The molecule has 0 bridgehead atoms. The van der Waals surface area contributed by atoms with Crippen molar-refractivity contribution in [3.63, 3.8) is 0 Å². The van der Waals surface area contributed by atoms with Crippen molar-refractivity contribution < 1.29 is 0 Å². The van der Waals surface area contributed by atoms with Gasteiger partial charge in [0.2, 0.25) is 0 Å². The van der Waals surface area contributed by atoms with Crippen molar-refractivity contribution >= 4 is 16.9 Å². The summed E-state index contributed by atoms with van der Waals surface area (Å²) in [4.78, 5) is 4.08. The van der Waals surface area contributed by atoms with E-state index in [-0.39, 0.29) is 0 Å². The van der Waals surface area contributed by atoms with Gasteiger partial charge in [-0.15, -0.1) is 5.10 Å². The minimum Gasteiger partial charge on any atom is -0.274 e. The quantitative estimate of drug-likeness (QED) is 0.466. The van der Waals surface area contributed by atoms with Crippen molar-refractivity contribution in [2.45, 2.75) is 13.8 Å². The van der Waals surface area contributed by atoms with Crippen LogP contribution in [0, 0.1) is 6.92 Å². The van der Waals surface area contributed by atoms with Crippen molar-refractivity contribution in [3.05, 3.63) is 23.8 Å². The molecule has 0 aliphatic rings. The first-order valence-electron chi connectivity index (χ1n) is 4.48. The summed E-state index contributed by atoms with van der Waals surface area (Å²) in [7, 11) is 1.75. The summed E-state index contributed by atoms with van der Waals surface area (Å²) in [6.45, 7) is 3.95. The molecule has 0 spiro atoms. The largest absolute Gasteiger partial charge is 0.274 e. The molecule has 0 amide bonds. The fourth-order valence-corrected chi connectivity index (χ4v) is 1.37. The Labute approximate surface area is 82.3 Å². The molecule has 1 aromatic carbocycles. The average Bonchev–Trinajstić information content (AvgIpc) is 2.59. The van der Waals surface area contributed by atoms with E-state index in [9.17, 15) is 0 Å². The van der Waals surface area contributed by atoms with E-state index in [0.29, 0.717) is 0 Å². The number of rotatable bonds is 0. The van der Waals surface area contributed by atoms with Gasteiger partial charge in [-0.1, -0.05) is 11.3 Å². The molecule has 4 nitrogen and oxygen atoms in total. The van der Waals surface area contributed by atoms with Crippen LogP contribution < -0.4 is 0 Å². The van der Waals surface area contributed by atoms with E-state index in [4.69, 9.17) is 0 Å². The Morgan fingerprint density at radius 3 is 2.93 bits per heavy atom. The Kier molecular flexibility index (Phi) is 2.04. The number of fused-ring (bicyclic) bond motifs is 1. The highest BCUT2D eigenvalue weighted by Crippen LogP contribution is 2.12. The van der Waals surface area contributed by atoms with E-state index in [1.54, 1.807) is 11.7 Å². The highest BCUT2D eigenvalue weighted by Gasteiger charge is 2.05. The van der Waals surface area contributed by atoms with E-state index >= 15 is 0 Å². The summed E-state index contributed by atoms with van der Waals surface area (Å²) in [5.41, 5.74) is 3.10. The molecule has 0 fully saturated rings. The van der Waals surface area contributed by atoms with Crippen molar-refractivity contribution in [2.75, 3.05) is 7.05 Å². The van der Waals surface area contributed by atoms with Gasteiger partial charge in [0, 0.05) is 7.05 Å². The standard InChI is InChI=1S/C10H12N4/c1-7-4-5-10-9(6-7)12-13-14(10)8(2)11-3/h4-6H,1-3H3. The molecule has 0 N–H and O–H groups in total. The highest BCUT2D eigenvalue weighted by atomic mass is 15.4. The predicted octanol–water partition coefficient (Wildman–Crippen LogP) is 1.64. The van der Waals surface area contributed by atoms with Crippen LogP contribution in [0.5, 0.6) is 0 Å². The second kappa shape index (κ2) is 3.21. The Morgan fingerprint density at radius 2 is 2.21 bits per heavy atom. The summed E-state index contributed by atoms with van der Waals surface area (Å²) in [6.07, 6.45) is 0. The first kappa shape index (κ1) is 8.87. The van der Waals surface area contributed by atoms with Crippen molar-refractivity contribution in [1.82, 2.24) is 15.0 Å². The van der Waals surface area contributed by atoms with Crippen LogP contribution in [0.3, 0.4) is 0 Å². The minimum absolute atomic E-state index is 0.844. The van der Waals surface area contributed by atoms with Crippen LogP contribution >= 0.6 is 0 Å². The molecule has 4 heteroatoms. The summed E-state index contributed by atoms with van der Waals surface area (Å²) in [6, 6.07) is 6.08. The van der Waals surface area contributed by atoms with Gasteiger partial charge in [-0.25, -0.2) is 0 Å². The first-order valence-corrected chi connectivity index (χ1v) is 4.48. The van der Waals surface area contributed by atoms with Gasteiger partial charge < -0.3 is 0 Å². The van der Waals surface area contributed by atoms with Gasteiger partial charge in [0.15, 0.2) is 0 Å². The minimum atomic E-state index is 0.844. The number of aliphatic imine (C=N–C) groups is 1. The average molecular weight is 188 g/mol. The first-order chi connectivity index (χ1) is 6.72. The van der Waals surface area contributed by atoms with Gasteiger partial charge in [0.05, 0.1) is 5.52 Å². The normalized spacial score (nSPS) is 12.4. The lowest BCUT2D eigenvalue weighted by atomic mass is 10.2. The predicted molar refractivity (Wildman–Crippen MR) is 56.7 cm³/mol. The third kappa shape index (κ3) is 1.28. The molecule has 2 rings (SSSR count). The Hall–Kier alpha value is -1.71. The molecule has 1 aromatic heterocycles. The van der Waals surface area contributed by atoms with Crippen LogP contribution in [-0.4, -0.2) is 27.9 Å². The fourth-order valence-electron chi connectivity index (χ4n) is 1.37. The SMILES string of the molecule is CN=C(C)n1nnc2cc(C)ccc21. The molecule has 2 aromatic rings. The second-order valence-electron chi connectivity index (χ2n) is 3.26. The Bertz CT molecular complexity index is 496. The van der Waals surface area contributed by atoms with E-state index < -0.39 is 0 Å². The summed E-state index contributed by atoms with van der Waals surface area (Å²) in [5, 5.41) is 8.12. The van der Waals surface area contributed by atoms with Crippen LogP contribution in [0.15, 0.2) is 23.2 Å². The van der Waals surface area contributed by atoms with E-state index in [0.717, 1.165) is 16.9 Å². The number of nitrogens with zero attached hydrogens (tertiary/aromatic N) is 4. The lowest BCUT2D eigenvalue weighted by molar-refractivity contribution is 0.855. The Morgan fingerprint density at radius 1 is 1.43 bits per heavy atom. The highest BCUT2D eigenvalue weighted by molar-refractivity contribution is 5.90. The zero-order valence-electron chi connectivity index (χ0n) is 8.52. The second-order valence-corrected chi connectivity index (χ2v) is 3.26. The maximum atomic E-state index is 4.08. The summed E-state index contributed by atoms with van der Waals surface area (Å²) < 4.78 is 1.74. The molecular weight excluding hydrogens is 176 g/mol. The molecule has 72 valence electrons. The molecule has 0 unspecified atom stereocenters. The summed E-state index contributed by atoms with van der Waals surface area (Å²) in [5.74, 6) is 0.844. The van der Waals surface area contributed by atoms with Crippen LogP contribution in [0.2, 0.25) is 0 Å². The lowest BCUT2D eigenvalue weighted by Crippen LogP contribution is -2.08. The van der Waals surface area contributed by atoms with Gasteiger partial charge >= 0.3 is 0 Å². The third-order valence-electron chi connectivity index (χ3n) is 2.23. The molecule has 0 saturated carbocycles. The van der Waals surface area contributed by atoms with Gasteiger partial charge in [-0.05, 0) is 31.5 Å². The third-order valence-corrected chi connectivity index (χ3v) is 2.23. The van der Waals surface area contributed by atoms with E-state index in [1.165, 1.54) is 5.56 Å². The molecule has 1 heterocycles. The van der Waals surface area contributed by atoms with Crippen molar-refractivity contribution in [3.8, 4) is 0 Å². The van der Waals surface area contributed by atoms with Crippen molar-refractivity contribution in [2.24, 2.45) is 4.99 Å². The van der Waals surface area contributed by atoms with E-state index in [1.807, 2.05) is 32.0 Å². The monoisotopic (exact) mass is 188 g/mol. The lowest BCUT2D eigenvalue weighted by Gasteiger charge is -1.99. The number of benzene rings is 1. The van der Waals surface area contributed by atoms with Gasteiger partial charge in [-0.3, -0.25) is 4.99 Å². The maximum absolute atomic E-state index is 4.08. The maximum Gasteiger partial charge on any atom is 0.123 e.